The van der Waals surface area contributed by atoms with Gasteiger partial charge in [0, 0.05) is 15.4 Å². The number of hydrogen-bond donors (Lipinski definition) is 3. The zero-order valence-corrected chi connectivity index (χ0v) is 9.13. The average molecular weight is 200 g/mol. The van der Waals surface area contributed by atoms with Gasteiger partial charge in [0.2, 0.25) is 0 Å². The molecule has 1 aromatic carbocycles. The van der Waals surface area contributed by atoms with Crippen LogP contribution >= 0.6 is 25.3 Å². The molecular weight excluding hydrogens is 188 g/mol. The molecule has 0 bridgehead atoms. The second kappa shape index (κ2) is 3.23. The molecular formula is C9H12OS2. The van der Waals surface area contributed by atoms with E-state index >= 15 is 0 Å². The van der Waals surface area contributed by atoms with Gasteiger partial charge in [-0.25, -0.2) is 0 Å². The van der Waals surface area contributed by atoms with Crippen molar-refractivity contribution >= 4 is 25.3 Å². The van der Waals surface area contributed by atoms with Gasteiger partial charge in [0.1, 0.15) is 5.75 Å². The average Bonchev–Trinajstić information content (AvgIpc) is 2.08. The van der Waals surface area contributed by atoms with Gasteiger partial charge >= 0.3 is 0 Å². The quantitative estimate of drug-likeness (QED) is 0.550. The van der Waals surface area contributed by atoms with Crippen LogP contribution < -0.4 is 0 Å². The van der Waals surface area contributed by atoms with Crippen molar-refractivity contribution in [2.75, 3.05) is 0 Å². The van der Waals surface area contributed by atoms with Crippen LogP contribution in [0.4, 0.5) is 0 Å². The number of benzene rings is 1. The molecule has 0 spiro atoms. The van der Waals surface area contributed by atoms with E-state index in [0.29, 0.717) is 4.90 Å². The fourth-order valence-electron chi connectivity index (χ4n) is 1.10. The largest absolute Gasteiger partial charge is 0.506 e. The van der Waals surface area contributed by atoms with E-state index in [4.69, 9.17) is 0 Å². The first-order chi connectivity index (χ1) is 5.46. The second-order valence-corrected chi connectivity index (χ2v) is 3.82. The number of hydrogen-bond acceptors (Lipinski definition) is 3. The number of aromatic hydroxyl groups is 1. The summed E-state index contributed by atoms with van der Waals surface area (Å²) < 4.78 is 0. The Labute approximate surface area is 83.6 Å². The van der Waals surface area contributed by atoms with Crippen molar-refractivity contribution in [2.45, 2.75) is 30.6 Å². The molecule has 0 aliphatic rings. The van der Waals surface area contributed by atoms with Crippen molar-refractivity contribution in [1.29, 1.82) is 0 Å². The highest BCUT2D eigenvalue weighted by atomic mass is 32.1. The molecule has 0 atom stereocenters. The molecule has 0 aliphatic carbocycles. The molecule has 66 valence electrons. The van der Waals surface area contributed by atoms with Gasteiger partial charge in [0.15, 0.2) is 0 Å². The number of phenols is 1. The third kappa shape index (κ3) is 1.31. The molecule has 0 aliphatic heterocycles. The Balaban J connectivity index is 3.60. The molecule has 0 fully saturated rings. The van der Waals surface area contributed by atoms with Gasteiger partial charge in [-0.2, -0.15) is 0 Å². The summed E-state index contributed by atoms with van der Waals surface area (Å²) in [5, 5.41) is 9.57. The minimum absolute atomic E-state index is 0.242. The topological polar surface area (TPSA) is 20.2 Å². The molecule has 1 rings (SSSR count). The lowest BCUT2D eigenvalue weighted by Gasteiger charge is -2.12. The molecule has 0 heterocycles. The Morgan fingerprint density at radius 3 is 1.75 bits per heavy atom. The Kier molecular flexibility index (Phi) is 2.64. The molecule has 12 heavy (non-hydrogen) atoms. The standard InChI is InChI=1S/C9H12OS2/c1-4-5(2)9(12)7(10)6(3)8(4)11/h10-12H,1-3H3. The zero-order valence-electron chi connectivity index (χ0n) is 7.34. The zero-order chi connectivity index (χ0) is 9.46. The van der Waals surface area contributed by atoms with Crippen LogP contribution in [0, 0.1) is 20.8 Å². The predicted molar refractivity (Wildman–Crippen MR) is 56.8 cm³/mol. The van der Waals surface area contributed by atoms with Gasteiger partial charge in [-0.1, -0.05) is 0 Å². The monoisotopic (exact) mass is 200 g/mol. The summed E-state index contributed by atoms with van der Waals surface area (Å²) in [5.41, 5.74) is 2.87. The Bertz CT molecular complexity index is 227. The van der Waals surface area contributed by atoms with Crippen LogP contribution in [0.5, 0.6) is 5.75 Å². The number of rotatable bonds is 0. The van der Waals surface area contributed by atoms with Gasteiger partial charge in [-0.15, -0.1) is 25.3 Å². The molecule has 0 radical (unpaired) electrons. The summed E-state index contributed by atoms with van der Waals surface area (Å²) in [4.78, 5) is 1.51. The van der Waals surface area contributed by atoms with Gasteiger partial charge in [0.25, 0.3) is 0 Å². The van der Waals surface area contributed by atoms with Crippen molar-refractivity contribution in [3.05, 3.63) is 16.7 Å². The van der Waals surface area contributed by atoms with Crippen LogP contribution in [0.3, 0.4) is 0 Å². The van der Waals surface area contributed by atoms with E-state index < -0.39 is 0 Å². The third-order valence-electron chi connectivity index (χ3n) is 2.21. The first-order valence-corrected chi connectivity index (χ1v) is 4.57. The van der Waals surface area contributed by atoms with E-state index in [9.17, 15) is 5.11 Å². The summed E-state index contributed by atoms with van der Waals surface area (Å²) in [7, 11) is 0. The van der Waals surface area contributed by atoms with Crippen LogP contribution in [0.1, 0.15) is 16.7 Å². The summed E-state index contributed by atoms with van der Waals surface area (Å²) in [5.74, 6) is 0.242. The molecule has 0 aromatic heterocycles. The number of phenolic OH excluding ortho intramolecular Hbond substituents is 1. The molecule has 0 saturated carbocycles. The smallest absolute Gasteiger partial charge is 0.133 e. The predicted octanol–water partition coefficient (Wildman–Crippen LogP) is 2.89. The maximum absolute atomic E-state index is 9.57. The van der Waals surface area contributed by atoms with Gasteiger partial charge in [-0.05, 0) is 31.9 Å². The molecule has 1 N–H and O–H groups in total. The first-order valence-electron chi connectivity index (χ1n) is 3.67. The van der Waals surface area contributed by atoms with Crippen LogP contribution in [0.15, 0.2) is 9.79 Å². The highest BCUT2D eigenvalue weighted by Gasteiger charge is 2.11. The highest BCUT2D eigenvalue weighted by Crippen LogP contribution is 2.35. The van der Waals surface area contributed by atoms with E-state index in [1.54, 1.807) is 0 Å². The normalized spacial score (nSPS) is 10.4. The highest BCUT2D eigenvalue weighted by molar-refractivity contribution is 7.81. The molecule has 0 unspecified atom stereocenters. The molecule has 3 heteroatoms. The van der Waals surface area contributed by atoms with Gasteiger partial charge in [0.05, 0.1) is 0 Å². The van der Waals surface area contributed by atoms with Crippen molar-refractivity contribution in [3.8, 4) is 5.75 Å². The lowest BCUT2D eigenvalue weighted by Crippen LogP contribution is -1.90. The molecule has 1 nitrogen and oxygen atoms in total. The fourth-order valence-corrected chi connectivity index (χ4v) is 1.71. The first kappa shape index (κ1) is 9.81. The third-order valence-corrected chi connectivity index (χ3v) is 3.43. The Hall–Kier alpha value is -0.280. The van der Waals surface area contributed by atoms with Crippen molar-refractivity contribution in [1.82, 2.24) is 0 Å². The van der Waals surface area contributed by atoms with Crippen LogP contribution in [-0.2, 0) is 0 Å². The maximum Gasteiger partial charge on any atom is 0.133 e. The lowest BCUT2D eigenvalue weighted by atomic mass is 10.1. The van der Waals surface area contributed by atoms with E-state index in [1.165, 1.54) is 0 Å². The summed E-state index contributed by atoms with van der Waals surface area (Å²) in [6.07, 6.45) is 0. The number of thiol groups is 2. The molecule has 0 saturated heterocycles. The van der Waals surface area contributed by atoms with Crippen LogP contribution in [-0.4, -0.2) is 5.11 Å². The Morgan fingerprint density at radius 2 is 1.25 bits per heavy atom. The van der Waals surface area contributed by atoms with Crippen LogP contribution in [0.25, 0.3) is 0 Å². The van der Waals surface area contributed by atoms with E-state index in [2.05, 4.69) is 25.3 Å². The molecule has 1 aromatic rings. The summed E-state index contributed by atoms with van der Waals surface area (Å²) >= 11 is 8.52. The van der Waals surface area contributed by atoms with Crippen molar-refractivity contribution in [3.63, 3.8) is 0 Å². The van der Waals surface area contributed by atoms with Gasteiger partial charge < -0.3 is 5.11 Å². The minimum Gasteiger partial charge on any atom is -0.506 e. The van der Waals surface area contributed by atoms with Gasteiger partial charge in [-0.3, -0.25) is 0 Å². The van der Waals surface area contributed by atoms with Crippen LogP contribution in [0.2, 0.25) is 0 Å². The van der Waals surface area contributed by atoms with Crippen molar-refractivity contribution in [2.24, 2.45) is 0 Å². The fraction of sp³-hybridized carbons (Fsp3) is 0.333. The minimum atomic E-state index is 0.242. The second-order valence-electron chi connectivity index (χ2n) is 2.92. The summed E-state index contributed by atoms with van der Waals surface area (Å²) in [6, 6.07) is 0. The van der Waals surface area contributed by atoms with E-state index in [0.717, 1.165) is 21.6 Å². The SMILES string of the molecule is Cc1c(C)c(S)c(O)c(C)c1S. The Morgan fingerprint density at radius 1 is 0.833 bits per heavy atom. The lowest BCUT2D eigenvalue weighted by molar-refractivity contribution is 0.455. The van der Waals surface area contributed by atoms with E-state index in [-0.39, 0.29) is 5.75 Å². The summed E-state index contributed by atoms with van der Waals surface area (Å²) in [6.45, 7) is 5.74. The van der Waals surface area contributed by atoms with Crippen molar-refractivity contribution < 1.29 is 5.11 Å². The maximum atomic E-state index is 9.57. The molecule has 0 amide bonds. The van der Waals surface area contributed by atoms with E-state index in [1.807, 2.05) is 20.8 Å².